The van der Waals surface area contributed by atoms with Gasteiger partial charge in [-0.25, -0.2) is 4.39 Å². The summed E-state index contributed by atoms with van der Waals surface area (Å²) >= 11 is 6.04. The van der Waals surface area contributed by atoms with Gasteiger partial charge in [0.25, 0.3) is 5.91 Å². The largest absolute Gasteiger partial charge is 0.490 e. The molecule has 0 bridgehead atoms. The van der Waals surface area contributed by atoms with Crippen molar-refractivity contribution in [2.24, 2.45) is 0 Å². The molecule has 2 aromatic rings. The number of halogens is 2. The van der Waals surface area contributed by atoms with E-state index in [4.69, 9.17) is 21.6 Å². The van der Waals surface area contributed by atoms with Gasteiger partial charge in [-0.05, 0) is 49.8 Å². The zero-order valence-corrected chi connectivity index (χ0v) is 17.2. The fraction of sp³-hybridized carbons (Fsp3) is 0.409. The number of carbonyl (C=O) groups is 1. The Labute approximate surface area is 174 Å². The molecule has 0 unspecified atom stereocenters. The Hall–Kier alpha value is -2.65. The molecule has 1 aromatic carbocycles. The maximum atomic E-state index is 14.3. The number of aromatic nitrogens is 1. The number of pyridine rings is 1. The van der Waals surface area contributed by atoms with Crippen LogP contribution in [0.4, 0.5) is 4.39 Å². The second-order valence-electron chi connectivity index (χ2n) is 7.56. The van der Waals surface area contributed by atoms with Gasteiger partial charge in [0.2, 0.25) is 0 Å². The van der Waals surface area contributed by atoms with E-state index in [1.54, 1.807) is 18.2 Å². The van der Waals surface area contributed by atoms with E-state index in [-0.39, 0.29) is 23.6 Å². The van der Waals surface area contributed by atoms with Crippen LogP contribution < -0.4 is 10.1 Å². The molecule has 3 rings (SSSR count). The van der Waals surface area contributed by atoms with Crippen molar-refractivity contribution in [3.63, 3.8) is 0 Å². The summed E-state index contributed by atoms with van der Waals surface area (Å²) < 4.78 is 20.2. The number of ether oxygens (including phenoxy) is 1. The third-order valence-corrected chi connectivity index (χ3v) is 5.40. The van der Waals surface area contributed by atoms with Crippen LogP contribution in [0.2, 0.25) is 5.02 Å². The first-order valence-corrected chi connectivity index (χ1v) is 10.1. The van der Waals surface area contributed by atoms with Crippen molar-refractivity contribution < 1.29 is 13.9 Å². The highest BCUT2D eigenvalue weighted by Crippen LogP contribution is 2.27. The predicted molar refractivity (Wildman–Crippen MR) is 109 cm³/mol. The molecular formula is C22H23ClFN3O2. The summed E-state index contributed by atoms with van der Waals surface area (Å²) in [6.45, 7) is 3.85. The van der Waals surface area contributed by atoms with Crippen LogP contribution in [0.15, 0.2) is 30.5 Å². The average Bonchev–Trinajstić information content (AvgIpc) is 2.69. The lowest BCUT2D eigenvalue weighted by molar-refractivity contribution is 0.0889. The Balaban J connectivity index is 1.53. The topological polar surface area (TPSA) is 75.0 Å². The summed E-state index contributed by atoms with van der Waals surface area (Å²) in [5, 5.41) is 12.2. The van der Waals surface area contributed by atoms with E-state index in [2.05, 4.69) is 10.3 Å². The Morgan fingerprint density at radius 3 is 2.62 bits per heavy atom. The van der Waals surface area contributed by atoms with Crippen LogP contribution in [-0.2, 0) is 0 Å². The Bertz CT molecular complexity index is 934. The van der Waals surface area contributed by atoms with Crippen molar-refractivity contribution in [2.45, 2.75) is 57.6 Å². The minimum absolute atomic E-state index is 0.0101. The van der Waals surface area contributed by atoms with Crippen LogP contribution >= 0.6 is 11.6 Å². The van der Waals surface area contributed by atoms with E-state index in [0.29, 0.717) is 22.0 Å². The number of nitrogens with one attached hydrogen (secondary N) is 1. The molecule has 1 heterocycles. The smallest absolute Gasteiger partial charge is 0.256 e. The third kappa shape index (κ3) is 5.24. The zero-order valence-electron chi connectivity index (χ0n) is 16.4. The van der Waals surface area contributed by atoms with E-state index in [0.717, 1.165) is 25.7 Å². The van der Waals surface area contributed by atoms with Crippen LogP contribution in [-0.4, -0.2) is 23.0 Å². The molecule has 152 valence electrons. The molecule has 1 N–H and O–H groups in total. The summed E-state index contributed by atoms with van der Waals surface area (Å²) in [5.41, 5.74) is 1.01. The molecule has 1 aliphatic carbocycles. The van der Waals surface area contributed by atoms with Gasteiger partial charge in [-0.15, -0.1) is 0 Å². The van der Waals surface area contributed by atoms with Crippen molar-refractivity contribution in [1.29, 1.82) is 5.26 Å². The number of carbonyl (C=O) groups excluding carboxylic acids is 1. The zero-order chi connectivity index (χ0) is 21.0. The SMILES string of the molecule is CC(C)c1cc(F)c(C(=O)N[C@H]2CC[C@H](Oc3ccc(C#N)c(Cl)c3)CC2)cn1. The number of hydrogen-bond donors (Lipinski definition) is 1. The number of amides is 1. The molecule has 1 aromatic heterocycles. The van der Waals surface area contributed by atoms with E-state index in [1.165, 1.54) is 12.3 Å². The summed E-state index contributed by atoms with van der Waals surface area (Å²) in [7, 11) is 0. The molecule has 1 aliphatic rings. The molecule has 7 heteroatoms. The van der Waals surface area contributed by atoms with Crippen LogP contribution in [0, 0.1) is 17.1 Å². The second kappa shape index (κ2) is 9.23. The maximum absolute atomic E-state index is 14.3. The molecule has 0 radical (unpaired) electrons. The number of rotatable bonds is 5. The van der Waals surface area contributed by atoms with Gasteiger partial charge in [-0.1, -0.05) is 25.4 Å². The van der Waals surface area contributed by atoms with Crippen molar-refractivity contribution in [3.05, 3.63) is 58.1 Å². The quantitative estimate of drug-likeness (QED) is 0.746. The van der Waals surface area contributed by atoms with Crippen LogP contribution in [0.3, 0.4) is 0 Å². The van der Waals surface area contributed by atoms with Crippen molar-refractivity contribution >= 4 is 17.5 Å². The van der Waals surface area contributed by atoms with Gasteiger partial charge in [-0.3, -0.25) is 9.78 Å². The highest BCUT2D eigenvalue weighted by molar-refractivity contribution is 6.31. The summed E-state index contributed by atoms with van der Waals surface area (Å²) in [5.74, 6) is -0.257. The van der Waals surface area contributed by atoms with Gasteiger partial charge in [-0.2, -0.15) is 5.26 Å². The molecule has 1 fully saturated rings. The van der Waals surface area contributed by atoms with Gasteiger partial charge in [0.1, 0.15) is 17.6 Å². The molecule has 1 saturated carbocycles. The molecule has 0 spiro atoms. The fourth-order valence-corrected chi connectivity index (χ4v) is 3.58. The summed E-state index contributed by atoms with van der Waals surface area (Å²) in [6.07, 6.45) is 4.31. The first-order valence-electron chi connectivity index (χ1n) is 9.70. The van der Waals surface area contributed by atoms with Crippen molar-refractivity contribution in [3.8, 4) is 11.8 Å². The van der Waals surface area contributed by atoms with Crippen LogP contribution in [0.25, 0.3) is 0 Å². The van der Waals surface area contributed by atoms with Gasteiger partial charge in [0.15, 0.2) is 0 Å². The number of nitrogens with zero attached hydrogens (tertiary/aromatic N) is 2. The fourth-order valence-electron chi connectivity index (χ4n) is 3.37. The van der Waals surface area contributed by atoms with Crippen molar-refractivity contribution in [1.82, 2.24) is 10.3 Å². The van der Waals surface area contributed by atoms with Crippen LogP contribution in [0.1, 0.15) is 67.1 Å². The molecular weight excluding hydrogens is 393 g/mol. The standard InChI is InChI=1S/C22H23ClFN3O2/c1-13(2)21-10-20(24)18(12-26-21)22(28)27-15-4-7-16(8-5-15)29-17-6-3-14(11-25)19(23)9-17/h3,6,9-10,12-13,15-16H,4-5,7-8H2,1-2H3,(H,27,28)/t15-,16-. The molecule has 5 nitrogen and oxygen atoms in total. The predicted octanol–water partition coefficient (Wildman–Crippen LogP) is 4.99. The highest BCUT2D eigenvalue weighted by Gasteiger charge is 2.25. The normalized spacial score (nSPS) is 18.9. The molecule has 0 atom stereocenters. The molecule has 0 aliphatic heterocycles. The Morgan fingerprint density at radius 2 is 2.03 bits per heavy atom. The first kappa shape index (κ1) is 21.1. The van der Waals surface area contributed by atoms with Gasteiger partial charge < -0.3 is 10.1 Å². The van der Waals surface area contributed by atoms with Gasteiger partial charge in [0.05, 0.1) is 22.3 Å². The first-order chi connectivity index (χ1) is 13.9. The molecule has 1 amide bonds. The average molecular weight is 416 g/mol. The van der Waals surface area contributed by atoms with E-state index in [1.807, 2.05) is 19.9 Å². The Morgan fingerprint density at radius 1 is 1.31 bits per heavy atom. The number of benzene rings is 1. The lowest BCUT2D eigenvalue weighted by Crippen LogP contribution is -2.40. The van der Waals surface area contributed by atoms with Crippen LogP contribution in [0.5, 0.6) is 5.75 Å². The van der Waals surface area contributed by atoms with E-state index < -0.39 is 11.7 Å². The molecule has 0 saturated heterocycles. The third-order valence-electron chi connectivity index (χ3n) is 5.08. The summed E-state index contributed by atoms with van der Waals surface area (Å²) in [6, 6.07) is 8.32. The minimum atomic E-state index is -0.545. The van der Waals surface area contributed by atoms with Gasteiger partial charge >= 0.3 is 0 Å². The van der Waals surface area contributed by atoms with Crippen molar-refractivity contribution in [2.75, 3.05) is 0 Å². The highest BCUT2D eigenvalue weighted by atomic mass is 35.5. The van der Waals surface area contributed by atoms with E-state index >= 15 is 0 Å². The maximum Gasteiger partial charge on any atom is 0.256 e. The number of hydrogen-bond acceptors (Lipinski definition) is 4. The summed E-state index contributed by atoms with van der Waals surface area (Å²) in [4.78, 5) is 16.6. The Kier molecular flexibility index (Phi) is 6.71. The number of nitriles is 1. The van der Waals surface area contributed by atoms with E-state index in [9.17, 15) is 9.18 Å². The lowest BCUT2D eigenvalue weighted by atomic mass is 9.92. The molecule has 29 heavy (non-hydrogen) atoms. The minimum Gasteiger partial charge on any atom is -0.490 e. The lowest BCUT2D eigenvalue weighted by Gasteiger charge is -2.29. The monoisotopic (exact) mass is 415 g/mol. The second-order valence-corrected chi connectivity index (χ2v) is 7.97. The van der Waals surface area contributed by atoms with Gasteiger partial charge in [0, 0.05) is 24.0 Å².